The molecule has 0 aromatic carbocycles. The molecule has 0 bridgehead atoms. The van der Waals surface area contributed by atoms with Gasteiger partial charge in [-0.15, -0.1) is 0 Å². The maximum absolute atomic E-state index is 11.8. The molecule has 4 aliphatic carbocycles. The highest BCUT2D eigenvalue weighted by Gasteiger charge is 2.61. The number of aliphatic hydroxyl groups excluding tert-OH is 2. The molecule has 7 atom stereocenters. The summed E-state index contributed by atoms with van der Waals surface area (Å²) in [7, 11) is 0. The van der Waals surface area contributed by atoms with E-state index in [9.17, 15) is 15.0 Å². The minimum Gasteiger partial charge on any atom is -0.393 e. The van der Waals surface area contributed by atoms with Crippen LogP contribution in [0.4, 0.5) is 0 Å². The van der Waals surface area contributed by atoms with E-state index in [0.717, 1.165) is 32.1 Å². The zero-order valence-corrected chi connectivity index (χ0v) is 13.7. The predicted molar refractivity (Wildman–Crippen MR) is 84.1 cm³/mol. The second-order valence-electron chi connectivity index (χ2n) is 8.75. The van der Waals surface area contributed by atoms with Crippen LogP contribution in [0.1, 0.15) is 58.8 Å². The third kappa shape index (κ3) is 1.78. The van der Waals surface area contributed by atoms with Gasteiger partial charge in [-0.05, 0) is 66.8 Å². The zero-order chi connectivity index (χ0) is 15.7. The number of hydrogen-bond acceptors (Lipinski definition) is 3. The molecule has 2 N–H and O–H groups in total. The lowest BCUT2D eigenvalue weighted by molar-refractivity contribution is -0.119. The van der Waals surface area contributed by atoms with Gasteiger partial charge in [0.15, 0.2) is 5.78 Å². The Morgan fingerprint density at radius 1 is 1.14 bits per heavy atom. The molecule has 4 rings (SSSR count). The van der Waals surface area contributed by atoms with E-state index in [1.54, 1.807) is 0 Å². The van der Waals surface area contributed by atoms with E-state index in [2.05, 4.69) is 13.8 Å². The first-order valence-corrected chi connectivity index (χ1v) is 8.96. The average molecular weight is 304 g/mol. The Kier molecular flexibility index (Phi) is 3.16. The van der Waals surface area contributed by atoms with E-state index >= 15 is 0 Å². The van der Waals surface area contributed by atoms with Crippen LogP contribution in [0.5, 0.6) is 0 Å². The van der Waals surface area contributed by atoms with Crippen molar-refractivity contribution in [2.24, 2.45) is 28.6 Å². The number of hydrogen-bond donors (Lipinski definition) is 2. The second kappa shape index (κ2) is 4.67. The lowest BCUT2D eigenvalue weighted by Crippen LogP contribution is -2.52. The van der Waals surface area contributed by atoms with Crippen LogP contribution in [0, 0.1) is 28.6 Å². The number of ketones is 1. The molecule has 0 aliphatic heterocycles. The Balaban J connectivity index is 1.71. The van der Waals surface area contributed by atoms with Crippen molar-refractivity contribution in [2.45, 2.75) is 71.0 Å². The number of fused-ring (bicyclic) bond motifs is 5. The molecule has 4 aliphatic rings. The van der Waals surface area contributed by atoms with Gasteiger partial charge in [-0.1, -0.05) is 19.4 Å². The molecule has 0 spiro atoms. The molecule has 3 saturated carbocycles. The van der Waals surface area contributed by atoms with Crippen LogP contribution in [0.3, 0.4) is 0 Å². The maximum atomic E-state index is 11.8. The van der Waals surface area contributed by atoms with Gasteiger partial charge >= 0.3 is 0 Å². The van der Waals surface area contributed by atoms with Gasteiger partial charge in [0.1, 0.15) is 0 Å². The molecule has 22 heavy (non-hydrogen) atoms. The summed E-state index contributed by atoms with van der Waals surface area (Å²) < 4.78 is 0. The van der Waals surface area contributed by atoms with Crippen molar-refractivity contribution in [3.63, 3.8) is 0 Å². The lowest BCUT2D eigenvalue weighted by atomic mass is 9.47. The van der Waals surface area contributed by atoms with Crippen molar-refractivity contribution in [1.82, 2.24) is 0 Å². The fraction of sp³-hybridized carbons (Fsp3) is 0.842. The predicted octanol–water partition coefficient (Wildman–Crippen LogP) is 2.85. The third-order valence-electron chi connectivity index (χ3n) is 7.90. The molecule has 0 amide bonds. The quantitative estimate of drug-likeness (QED) is 0.723. The van der Waals surface area contributed by atoms with Gasteiger partial charge in [0.2, 0.25) is 0 Å². The molecule has 0 saturated heterocycles. The van der Waals surface area contributed by atoms with Crippen LogP contribution in [-0.4, -0.2) is 28.2 Å². The highest BCUT2D eigenvalue weighted by atomic mass is 16.3. The van der Waals surface area contributed by atoms with Gasteiger partial charge in [0, 0.05) is 12.8 Å². The molecule has 3 fully saturated rings. The first kappa shape index (κ1) is 14.9. The van der Waals surface area contributed by atoms with Gasteiger partial charge in [-0.3, -0.25) is 4.79 Å². The van der Waals surface area contributed by atoms with E-state index in [4.69, 9.17) is 0 Å². The topological polar surface area (TPSA) is 57.5 Å². The van der Waals surface area contributed by atoms with Gasteiger partial charge in [0.05, 0.1) is 12.2 Å². The number of rotatable bonds is 0. The Morgan fingerprint density at radius 2 is 1.91 bits per heavy atom. The molecule has 0 radical (unpaired) electrons. The Labute approximate surface area is 132 Å². The van der Waals surface area contributed by atoms with Crippen LogP contribution in [-0.2, 0) is 4.79 Å². The maximum Gasteiger partial charge on any atom is 0.155 e. The van der Waals surface area contributed by atoms with Gasteiger partial charge in [-0.2, -0.15) is 0 Å². The van der Waals surface area contributed by atoms with Crippen LogP contribution in [0.2, 0.25) is 0 Å². The summed E-state index contributed by atoms with van der Waals surface area (Å²) in [5.74, 6) is 1.60. The molecule has 0 heterocycles. The van der Waals surface area contributed by atoms with E-state index in [0.29, 0.717) is 30.5 Å². The van der Waals surface area contributed by atoms with Crippen LogP contribution >= 0.6 is 0 Å². The van der Waals surface area contributed by atoms with Crippen molar-refractivity contribution >= 4 is 5.78 Å². The molecule has 0 aromatic heterocycles. The lowest BCUT2D eigenvalue weighted by Gasteiger charge is -2.58. The highest BCUT2D eigenvalue weighted by Crippen LogP contribution is 2.65. The summed E-state index contributed by atoms with van der Waals surface area (Å²) >= 11 is 0. The summed E-state index contributed by atoms with van der Waals surface area (Å²) in [6, 6.07) is 0. The fourth-order valence-electron chi connectivity index (χ4n) is 6.59. The van der Waals surface area contributed by atoms with Crippen molar-refractivity contribution in [2.75, 3.05) is 0 Å². The number of carbonyl (C=O) groups excluding carboxylic acids is 1. The van der Waals surface area contributed by atoms with E-state index in [1.165, 1.54) is 5.57 Å². The Hall–Kier alpha value is -0.670. The van der Waals surface area contributed by atoms with Crippen molar-refractivity contribution in [3.05, 3.63) is 11.6 Å². The normalized spacial score (nSPS) is 54.3. The minimum atomic E-state index is -0.355. The fourth-order valence-corrected chi connectivity index (χ4v) is 6.59. The van der Waals surface area contributed by atoms with E-state index < -0.39 is 0 Å². The monoisotopic (exact) mass is 304 g/mol. The largest absolute Gasteiger partial charge is 0.393 e. The third-order valence-corrected chi connectivity index (χ3v) is 7.90. The molecule has 0 aromatic rings. The van der Waals surface area contributed by atoms with Crippen molar-refractivity contribution in [1.29, 1.82) is 0 Å². The van der Waals surface area contributed by atoms with Crippen LogP contribution in [0.25, 0.3) is 0 Å². The highest BCUT2D eigenvalue weighted by molar-refractivity contribution is 5.91. The van der Waals surface area contributed by atoms with Gasteiger partial charge < -0.3 is 10.2 Å². The summed E-state index contributed by atoms with van der Waals surface area (Å²) in [5, 5.41) is 21.1. The van der Waals surface area contributed by atoms with Gasteiger partial charge in [0.25, 0.3) is 0 Å². The van der Waals surface area contributed by atoms with Crippen LogP contribution < -0.4 is 0 Å². The average Bonchev–Trinajstić information content (AvgIpc) is 2.70. The number of carbonyl (C=O) groups is 1. The first-order chi connectivity index (χ1) is 10.4. The SMILES string of the molecule is C[C@]12CC[C@H]3[C@@H](CCC4=CC(=O)CC[C@@]43C)[C@@H]1C(O)C[C@@H]2O. The summed E-state index contributed by atoms with van der Waals surface area (Å²) in [4.78, 5) is 11.8. The summed E-state index contributed by atoms with van der Waals surface area (Å²) in [6.45, 7) is 4.54. The second-order valence-corrected chi connectivity index (χ2v) is 8.75. The zero-order valence-electron chi connectivity index (χ0n) is 13.7. The first-order valence-electron chi connectivity index (χ1n) is 8.96. The van der Waals surface area contributed by atoms with E-state index in [1.807, 2.05) is 6.08 Å². The Bertz CT molecular complexity index is 539. The Morgan fingerprint density at radius 3 is 2.68 bits per heavy atom. The summed E-state index contributed by atoms with van der Waals surface area (Å²) in [6.07, 6.45) is 7.62. The molecule has 3 nitrogen and oxygen atoms in total. The molecular weight excluding hydrogens is 276 g/mol. The standard InChI is InChI=1S/C19H28O3/c1-18-7-5-12(20)9-11(18)3-4-13-14(18)6-8-19(2)16(22)10-15(21)17(13)19/h9,13-17,21-22H,3-8,10H2,1-2H3/t13-,14+,15?,16+,17-,18+,19-/m1/s1. The van der Waals surface area contributed by atoms with Crippen molar-refractivity contribution < 1.29 is 15.0 Å². The molecule has 1 unspecified atom stereocenters. The molecule has 122 valence electrons. The van der Waals surface area contributed by atoms with Gasteiger partial charge in [-0.25, -0.2) is 0 Å². The number of aliphatic hydroxyl groups is 2. The smallest absolute Gasteiger partial charge is 0.155 e. The molecular formula is C19H28O3. The van der Waals surface area contributed by atoms with Crippen molar-refractivity contribution in [3.8, 4) is 0 Å². The van der Waals surface area contributed by atoms with Crippen LogP contribution in [0.15, 0.2) is 11.6 Å². The molecule has 3 heteroatoms. The number of allylic oxidation sites excluding steroid dienone is 1. The minimum absolute atomic E-state index is 0.108. The van der Waals surface area contributed by atoms with E-state index in [-0.39, 0.29) is 29.0 Å². The summed E-state index contributed by atoms with van der Waals surface area (Å²) in [5.41, 5.74) is 1.40.